The van der Waals surface area contributed by atoms with E-state index in [1.165, 1.54) is 28.4 Å². The molecule has 2 aromatic carbocycles. The first-order chi connectivity index (χ1) is 18.7. The van der Waals surface area contributed by atoms with E-state index in [4.69, 9.17) is 4.42 Å². The molecule has 0 aliphatic carbocycles. The summed E-state index contributed by atoms with van der Waals surface area (Å²) < 4.78 is 19.4. The van der Waals surface area contributed by atoms with Crippen molar-refractivity contribution in [2.45, 2.75) is 31.8 Å². The molecule has 4 unspecified atom stereocenters. The number of nitriles is 1. The van der Waals surface area contributed by atoms with Gasteiger partial charge in [0.05, 0.1) is 23.6 Å². The normalized spacial score (nSPS) is 20.5. The van der Waals surface area contributed by atoms with Crippen LogP contribution in [0.1, 0.15) is 60.2 Å². The van der Waals surface area contributed by atoms with Crippen LogP contribution in [-0.2, 0) is 4.79 Å². The molecular formula is C30H23FN2O5S. The minimum absolute atomic E-state index is 0.0653. The Morgan fingerprint density at radius 2 is 1.69 bits per heavy atom. The lowest BCUT2D eigenvalue weighted by Crippen LogP contribution is -2.43. The molecule has 0 radical (unpaired) electrons. The number of aryl methyl sites for hydroxylation is 2. The van der Waals surface area contributed by atoms with E-state index in [1.54, 1.807) is 43.3 Å². The van der Waals surface area contributed by atoms with Crippen LogP contribution in [0, 0.1) is 36.9 Å². The molecule has 4 atom stereocenters. The fourth-order valence-corrected chi connectivity index (χ4v) is 6.48. The summed E-state index contributed by atoms with van der Waals surface area (Å²) in [6.45, 7) is 3.54. The van der Waals surface area contributed by atoms with Crippen LogP contribution < -0.4 is 0 Å². The summed E-state index contributed by atoms with van der Waals surface area (Å²) in [6, 6.07) is 15.9. The fourth-order valence-electron chi connectivity index (χ4n) is 5.37. The number of thiophene rings is 1. The second-order valence-corrected chi connectivity index (χ2v) is 10.4. The second kappa shape index (κ2) is 10.3. The van der Waals surface area contributed by atoms with Gasteiger partial charge in [0, 0.05) is 16.4 Å². The zero-order valence-corrected chi connectivity index (χ0v) is 21.8. The molecule has 7 nitrogen and oxygen atoms in total. The number of carboxylic acid groups (broad SMARTS) is 1. The Bertz CT molecular complexity index is 1600. The van der Waals surface area contributed by atoms with Gasteiger partial charge < -0.3 is 14.4 Å². The van der Waals surface area contributed by atoms with E-state index in [0.717, 1.165) is 17.7 Å². The van der Waals surface area contributed by atoms with Crippen LogP contribution in [0.4, 0.5) is 4.39 Å². The van der Waals surface area contributed by atoms with E-state index in [-0.39, 0.29) is 11.3 Å². The largest absolute Gasteiger partial charge is 0.480 e. The first-order valence-corrected chi connectivity index (χ1v) is 13.0. The van der Waals surface area contributed by atoms with E-state index in [9.17, 15) is 29.1 Å². The molecule has 1 fully saturated rings. The summed E-state index contributed by atoms with van der Waals surface area (Å²) in [7, 11) is 0. The Kier molecular flexibility index (Phi) is 6.89. The van der Waals surface area contributed by atoms with Crippen molar-refractivity contribution in [1.29, 1.82) is 5.26 Å². The monoisotopic (exact) mass is 542 g/mol. The third-order valence-electron chi connectivity index (χ3n) is 7.12. The van der Waals surface area contributed by atoms with Crippen molar-refractivity contribution < 1.29 is 28.3 Å². The second-order valence-electron chi connectivity index (χ2n) is 9.48. The van der Waals surface area contributed by atoms with Crippen molar-refractivity contribution in [3.05, 3.63) is 117 Å². The number of carbonyl (C=O) groups excluding carboxylic acids is 2. The number of amides is 1. The number of hydrogen-bond donors (Lipinski definition) is 1. The quantitative estimate of drug-likeness (QED) is 0.304. The SMILES string of the molecule is Cc1ccc(C(=O)C2C(c3sccc3C)C(C(=O)O)N(C(=O)c3ccc(F)cc3)C2c2ccc(C#N)cc2)o1. The highest BCUT2D eigenvalue weighted by Crippen LogP contribution is 2.53. The van der Waals surface area contributed by atoms with Gasteiger partial charge in [0.15, 0.2) is 5.76 Å². The summed E-state index contributed by atoms with van der Waals surface area (Å²) >= 11 is 1.33. The van der Waals surface area contributed by atoms with E-state index in [1.807, 2.05) is 24.4 Å². The Balaban J connectivity index is 1.77. The van der Waals surface area contributed by atoms with Crippen molar-refractivity contribution in [2.24, 2.45) is 5.92 Å². The van der Waals surface area contributed by atoms with Gasteiger partial charge in [-0.1, -0.05) is 12.1 Å². The number of furan rings is 1. The number of nitrogens with zero attached hydrogens (tertiary/aromatic N) is 2. The number of halogens is 1. The molecule has 1 N–H and O–H groups in total. The molecule has 1 amide bonds. The number of likely N-dealkylation sites (tertiary alicyclic amines) is 1. The maximum absolute atomic E-state index is 14.2. The van der Waals surface area contributed by atoms with Crippen LogP contribution in [0.25, 0.3) is 0 Å². The molecule has 3 heterocycles. The third-order valence-corrected chi connectivity index (χ3v) is 8.24. The van der Waals surface area contributed by atoms with E-state index >= 15 is 0 Å². The highest BCUT2D eigenvalue weighted by atomic mass is 32.1. The molecule has 9 heteroatoms. The number of aliphatic carboxylic acids is 1. The molecule has 39 heavy (non-hydrogen) atoms. The maximum Gasteiger partial charge on any atom is 0.327 e. The summed E-state index contributed by atoms with van der Waals surface area (Å²) in [5.41, 5.74) is 1.76. The van der Waals surface area contributed by atoms with Gasteiger partial charge in [-0.25, -0.2) is 9.18 Å². The lowest BCUT2D eigenvalue weighted by atomic mass is 9.79. The molecule has 2 aromatic heterocycles. The van der Waals surface area contributed by atoms with Gasteiger partial charge in [-0.3, -0.25) is 9.59 Å². The molecule has 0 saturated carbocycles. The Hall–Kier alpha value is -4.55. The van der Waals surface area contributed by atoms with Crippen LogP contribution in [0.3, 0.4) is 0 Å². The van der Waals surface area contributed by atoms with Crippen molar-refractivity contribution >= 4 is 29.0 Å². The Morgan fingerprint density at radius 3 is 2.23 bits per heavy atom. The van der Waals surface area contributed by atoms with E-state index in [0.29, 0.717) is 21.8 Å². The highest BCUT2D eigenvalue weighted by Gasteiger charge is 2.58. The smallest absolute Gasteiger partial charge is 0.327 e. The minimum Gasteiger partial charge on any atom is -0.480 e. The molecule has 4 aromatic rings. The van der Waals surface area contributed by atoms with Crippen molar-refractivity contribution in [3.63, 3.8) is 0 Å². The van der Waals surface area contributed by atoms with Gasteiger partial charge >= 0.3 is 5.97 Å². The Labute approximate surface area is 227 Å². The number of benzene rings is 2. The molecule has 1 aliphatic rings. The molecule has 5 rings (SSSR count). The lowest BCUT2D eigenvalue weighted by molar-refractivity contribution is -0.142. The van der Waals surface area contributed by atoms with Crippen molar-refractivity contribution in [2.75, 3.05) is 0 Å². The molecule has 196 valence electrons. The Morgan fingerprint density at radius 1 is 1.00 bits per heavy atom. The summed E-state index contributed by atoms with van der Waals surface area (Å²) in [4.78, 5) is 43.1. The topological polar surface area (TPSA) is 112 Å². The minimum atomic E-state index is -1.41. The number of rotatable bonds is 6. The molecular weight excluding hydrogens is 519 g/mol. The predicted octanol–water partition coefficient (Wildman–Crippen LogP) is 5.90. The average molecular weight is 543 g/mol. The van der Waals surface area contributed by atoms with Crippen molar-refractivity contribution in [1.82, 2.24) is 4.90 Å². The molecule has 0 spiro atoms. The zero-order chi connectivity index (χ0) is 27.8. The van der Waals surface area contributed by atoms with E-state index in [2.05, 4.69) is 0 Å². The average Bonchev–Trinajstić information content (AvgIpc) is 3.64. The van der Waals surface area contributed by atoms with Crippen LogP contribution in [-0.4, -0.2) is 33.7 Å². The summed E-state index contributed by atoms with van der Waals surface area (Å²) in [5.74, 6) is -4.23. The fraction of sp³-hybridized carbons (Fsp3) is 0.200. The van der Waals surface area contributed by atoms with Gasteiger partial charge in [-0.15, -0.1) is 11.3 Å². The van der Waals surface area contributed by atoms with Gasteiger partial charge in [0.1, 0.15) is 17.6 Å². The summed E-state index contributed by atoms with van der Waals surface area (Å²) in [5, 5.41) is 21.7. The van der Waals surface area contributed by atoms with Gasteiger partial charge in [0.25, 0.3) is 5.91 Å². The van der Waals surface area contributed by atoms with Gasteiger partial charge in [-0.2, -0.15) is 5.26 Å². The predicted molar refractivity (Wildman–Crippen MR) is 141 cm³/mol. The third kappa shape index (κ3) is 4.64. The van der Waals surface area contributed by atoms with Crippen LogP contribution >= 0.6 is 11.3 Å². The van der Waals surface area contributed by atoms with Gasteiger partial charge in [-0.05, 0) is 85.0 Å². The molecule has 1 saturated heterocycles. The number of ketones is 1. The van der Waals surface area contributed by atoms with Crippen LogP contribution in [0.5, 0.6) is 0 Å². The van der Waals surface area contributed by atoms with Crippen LogP contribution in [0.2, 0.25) is 0 Å². The van der Waals surface area contributed by atoms with Crippen molar-refractivity contribution in [3.8, 4) is 6.07 Å². The zero-order valence-electron chi connectivity index (χ0n) is 21.0. The standard InChI is InChI=1S/C30H23FN2O5S/c1-16-13-14-39-28(16)24-23(27(34)22-12-3-17(2)38-22)25(19-6-4-18(15-32)5-7-19)33(26(24)30(36)37)29(35)20-8-10-21(31)11-9-20/h3-14,23-26H,1-2H3,(H,36,37). The lowest BCUT2D eigenvalue weighted by Gasteiger charge is -2.30. The number of hydrogen-bond acceptors (Lipinski definition) is 6. The maximum atomic E-state index is 14.2. The number of Topliss-reactive ketones (excluding diaryl/α,β-unsaturated/α-hetero) is 1. The molecule has 1 aliphatic heterocycles. The number of carboxylic acids is 1. The van der Waals surface area contributed by atoms with Gasteiger partial charge in [0.2, 0.25) is 5.78 Å². The number of carbonyl (C=O) groups is 3. The van der Waals surface area contributed by atoms with E-state index < -0.39 is 47.4 Å². The first kappa shape index (κ1) is 26.1. The van der Waals surface area contributed by atoms with Crippen LogP contribution in [0.15, 0.2) is 76.5 Å². The molecule has 0 bridgehead atoms. The summed E-state index contributed by atoms with van der Waals surface area (Å²) in [6.07, 6.45) is 0. The highest BCUT2D eigenvalue weighted by molar-refractivity contribution is 7.10. The first-order valence-electron chi connectivity index (χ1n) is 12.2.